The Kier molecular flexibility index (Phi) is 4.46. The third kappa shape index (κ3) is 3.94. The molecule has 0 atom stereocenters. The molecule has 0 aliphatic carbocycles. The van der Waals surface area contributed by atoms with Gasteiger partial charge in [-0.25, -0.2) is 4.98 Å². The lowest BCUT2D eigenvalue weighted by molar-refractivity contribution is -0.137. The molecule has 0 spiro atoms. The van der Waals surface area contributed by atoms with E-state index in [1.54, 1.807) is 17.5 Å². The van der Waals surface area contributed by atoms with Gasteiger partial charge >= 0.3 is 6.18 Å². The summed E-state index contributed by atoms with van der Waals surface area (Å²) in [6.45, 7) is 0.622. The van der Waals surface area contributed by atoms with E-state index in [0.717, 1.165) is 23.6 Å². The molecule has 0 saturated heterocycles. The second-order valence-electron chi connectivity index (χ2n) is 3.80. The molecular weight excluding hydrogens is 341 g/mol. The normalized spacial score (nSPS) is 11.6. The van der Waals surface area contributed by atoms with Gasteiger partial charge in [-0.3, -0.25) is 0 Å². The van der Waals surface area contributed by atoms with Gasteiger partial charge in [0.2, 0.25) is 0 Å². The number of alkyl halides is 3. The average molecular weight is 351 g/mol. The monoisotopic (exact) mass is 350 g/mol. The van der Waals surface area contributed by atoms with Crippen LogP contribution in [0.5, 0.6) is 0 Å². The number of halogens is 4. The van der Waals surface area contributed by atoms with Crippen molar-refractivity contribution in [2.45, 2.75) is 12.6 Å². The molecule has 1 heterocycles. The van der Waals surface area contributed by atoms with Gasteiger partial charge < -0.3 is 5.32 Å². The van der Waals surface area contributed by atoms with E-state index in [1.807, 2.05) is 5.38 Å². The zero-order valence-corrected chi connectivity index (χ0v) is 12.1. The quantitative estimate of drug-likeness (QED) is 0.872. The summed E-state index contributed by atoms with van der Waals surface area (Å²) < 4.78 is 37.9. The lowest BCUT2D eigenvalue weighted by Gasteiger charge is -2.11. The molecule has 0 aliphatic heterocycles. The molecule has 19 heavy (non-hydrogen) atoms. The predicted molar refractivity (Wildman–Crippen MR) is 73.5 cm³/mol. The van der Waals surface area contributed by atoms with E-state index >= 15 is 0 Å². The van der Waals surface area contributed by atoms with Crippen LogP contribution in [-0.2, 0) is 12.6 Å². The zero-order chi connectivity index (χ0) is 13.9. The Morgan fingerprint density at radius 3 is 2.68 bits per heavy atom. The Hall–Kier alpha value is -1.08. The summed E-state index contributed by atoms with van der Waals surface area (Å²) in [5.41, 5.74) is -0.0191. The van der Waals surface area contributed by atoms with Crippen LogP contribution in [0.25, 0.3) is 0 Å². The fraction of sp³-hybridized carbons (Fsp3) is 0.250. The molecule has 0 unspecified atom stereocenters. The van der Waals surface area contributed by atoms with E-state index in [0.29, 0.717) is 16.7 Å². The number of thiazole rings is 1. The van der Waals surface area contributed by atoms with Crippen molar-refractivity contribution >= 4 is 33.0 Å². The van der Waals surface area contributed by atoms with Crippen LogP contribution in [0, 0.1) is 0 Å². The lowest BCUT2D eigenvalue weighted by Crippen LogP contribution is -2.08. The maximum Gasteiger partial charge on any atom is 0.416 e. The van der Waals surface area contributed by atoms with Gasteiger partial charge in [0.1, 0.15) is 0 Å². The first-order valence-electron chi connectivity index (χ1n) is 5.46. The molecule has 102 valence electrons. The van der Waals surface area contributed by atoms with Gasteiger partial charge in [-0.15, -0.1) is 11.3 Å². The van der Waals surface area contributed by atoms with E-state index in [4.69, 9.17) is 0 Å². The number of aromatic nitrogens is 1. The second kappa shape index (κ2) is 5.92. The highest BCUT2D eigenvalue weighted by Gasteiger charge is 2.30. The molecule has 2 aromatic rings. The van der Waals surface area contributed by atoms with Gasteiger partial charge in [0, 0.05) is 34.7 Å². The number of rotatable bonds is 4. The molecule has 7 heteroatoms. The summed E-state index contributed by atoms with van der Waals surface area (Å²) in [6, 6.07) is 3.57. The van der Waals surface area contributed by atoms with Crippen molar-refractivity contribution in [1.82, 2.24) is 4.98 Å². The molecule has 0 aliphatic rings. The minimum atomic E-state index is -4.32. The Labute approximate surface area is 120 Å². The van der Waals surface area contributed by atoms with Crippen molar-refractivity contribution in [2.75, 3.05) is 11.9 Å². The van der Waals surface area contributed by atoms with Gasteiger partial charge in [0.25, 0.3) is 0 Å². The average Bonchev–Trinajstić information content (AvgIpc) is 2.83. The van der Waals surface area contributed by atoms with Crippen LogP contribution in [0.3, 0.4) is 0 Å². The molecule has 0 fully saturated rings. The summed E-state index contributed by atoms with van der Waals surface area (Å²) in [4.78, 5) is 4.13. The Morgan fingerprint density at radius 2 is 2.11 bits per heavy atom. The number of anilines is 1. The summed E-state index contributed by atoms with van der Waals surface area (Å²) in [5.74, 6) is 0. The third-order valence-corrected chi connectivity index (χ3v) is 3.93. The lowest BCUT2D eigenvalue weighted by atomic mass is 10.2. The maximum atomic E-state index is 12.5. The van der Waals surface area contributed by atoms with Crippen molar-refractivity contribution in [3.63, 3.8) is 0 Å². The van der Waals surface area contributed by atoms with Crippen LogP contribution >= 0.6 is 27.3 Å². The molecule has 2 rings (SSSR count). The van der Waals surface area contributed by atoms with E-state index in [1.165, 1.54) is 6.07 Å². The van der Waals surface area contributed by atoms with E-state index in [9.17, 15) is 13.2 Å². The summed E-state index contributed by atoms with van der Waals surface area (Å²) in [7, 11) is 0. The SMILES string of the molecule is FC(F)(F)c1ccc(NCCc2nccs2)c(Br)c1. The van der Waals surface area contributed by atoms with Crippen LogP contribution in [0.15, 0.2) is 34.2 Å². The summed E-state index contributed by atoms with van der Waals surface area (Å²) in [6.07, 6.45) is -1.85. The van der Waals surface area contributed by atoms with Crippen molar-refractivity contribution in [1.29, 1.82) is 0 Å². The fourth-order valence-electron chi connectivity index (χ4n) is 1.52. The first-order valence-corrected chi connectivity index (χ1v) is 7.13. The van der Waals surface area contributed by atoms with Crippen LogP contribution in [0.2, 0.25) is 0 Å². The van der Waals surface area contributed by atoms with Crippen molar-refractivity contribution in [3.05, 3.63) is 44.8 Å². The summed E-state index contributed by atoms with van der Waals surface area (Å²) >= 11 is 4.70. The first kappa shape index (κ1) is 14.3. The van der Waals surface area contributed by atoms with Crippen molar-refractivity contribution in [2.24, 2.45) is 0 Å². The van der Waals surface area contributed by atoms with Crippen LogP contribution in [0.1, 0.15) is 10.6 Å². The minimum absolute atomic E-state index is 0.404. The third-order valence-electron chi connectivity index (χ3n) is 2.43. The Morgan fingerprint density at radius 1 is 1.32 bits per heavy atom. The molecule has 2 nitrogen and oxygen atoms in total. The largest absolute Gasteiger partial charge is 0.416 e. The van der Waals surface area contributed by atoms with Crippen LogP contribution in [0.4, 0.5) is 18.9 Å². The topological polar surface area (TPSA) is 24.9 Å². The molecule has 1 aromatic heterocycles. The van der Waals surface area contributed by atoms with Gasteiger partial charge in [0.05, 0.1) is 10.6 Å². The highest BCUT2D eigenvalue weighted by molar-refractivity contribution is 9.10. The van der Waals surface area contributed by atoms with Gasteiger partial charge in [0.15, 0.2) is 0 Å². The van der Waals surface area contributed by atoms with E-state index < -0.39 is 11.7 Å². The van der Waals surface area contributed by atoms with Gasteiger partial charge in [-0.05, 0) is 34.1 Å². The van der Waals surface area contributed by atoms with Crippen LogP contribution in [-0.4, -0.2) is 11.5 Å². The highest BCUT2D eigenvalue weighted by Crippen LogP contribution is 2.33. The molecule has 0 radical (unpaired) electrons. The molecule has 0 bridgehead atoms. The van der Waals surface area contributed by atoms with Gasteiger partial charge in [-0.2, -0.15) is 13.2 Å². The standard InChI is InChI=1S/C12H10BrF3N2S/c13-9-7-8(12(14,15)16)1-2-10(9)17-4-3-11-18-5-6-19-11/h1-2,5-7,17H,3-4H2. The number of nitrogens with zero attached hydrogens (tertiary/aromatic N) is 1. The zero-order valence-electron chi connectivity index (χ0n) is 9.67. The fourth-order valence-corrected chi connectivity index (χ4v) is 2.65. The highest BCUT2D eigenvalue weighted by atomic mass is 79.9. The Balaban J connectivity index is 1.97. The number of nitrogens with one attached hydrogen (secondary N) is 1. The molecule has 1 N–H and O–H groups in total. The smallest absolute Gasteiger partial charge is 0.384 e. The van der Waals surface area contributed by atoms with Crippen molar-refractivity contribution < 1.29 is 13.2 Å². The minimum Gasteiger partial charge on any atom is -0.384 e. The number of hydrogen-bond acceptors (Lipinski definition) is 3. The molecule has 0 saturated carbocycles. The van der Waals surface area contributed by atoms with Crippen LogP contribution < -0.4 is 5.32 Å². The maximum absolute atomic E-state index is 12.5. The van der Waals surface area contributed by atoms with E-state index in [2.05, 4.69) is 26.2 Å². The van der Waals surface area contributed by atoms with E-state index in [-0.39, 0.29) is 0 Å². The summed E-state index contributed by atoms with van der Waals surface area (Å²) in [5, 5.41) is 5.97. The first-order chi connectivity index (χ1) is 8.97. The number of hydrogen-bond donors (Lipinski definition) is 1. The van der Waals surface area contributed by atoms with Gasteiger partial charge in [-0.1, -0.05) is 0 Å². The molecule has 0 amide bonds. The second-order valence-corrected chi connectivity index (χ2v) is 5.63. The molecular formula is C12H10BrF3N2S. The Bertz CT molecular complexity index is 540. The predicted octanol–water partition coefficient (Wildman–Crippen LogP) is 4.58. The number of benzene rings is 1. The van der Waals surface area contributed by atoms with Crippen molar-refractivity contribution in [3.8, 4) is 0 Å². The molecule has 1 aromatic carbocycles.